The molecule has 0 aliphatic heterocycles. The largest absolute Gasteiger partial charge is 0.0919 e. The minimum atomic E-state index is 0.709. The second-order valence-electron chi connectivity index (χ2n) is 3.39. The zero-order valence-corrected chi connectivity index (χ0v) is 11.8. The van der Waals surface area contributed by atoms with E-state index in [1.165, 1.54) is 12.0 Å². The molecule has 0 aliphatic rings. The maximum absolute atomic E-state index is 2.26. The highest BCUT2D eigenvalue weighted by Crippen LogP contribution is 2.16. The zero-order chi connectivity index (χ0) is 12.8. The lowest BCUT2D eigenvalue weighted by Crippen LogP contribution is -1.88. The Morgan fingerprint density at radius 2 is 1.44 bits per heavy atom. The van der Waals surface area contributed by atoms with Gasteiger partial charge >= 0.3 is 0 Å². The highest BCUT2D eigenvalue weighted by Gasteiger charge is 1.98. The minimum absolute atomic E-state index is 0.709. The van der Waals surface area contributed by atoms with Crippen LogP contribution in [0.15, 0.2) is 42.5 Å². The van der Waals surface area contributed by atoms with E-state index >= 15 is 0 Å². The predicted octanol–water partition coefficient (Wildman–Crippen LogP) is 5.81. The van der Waals surface area contributed by atoms with Crippen molar-refractivity contribution in [1.29, 1.82) is 0 Å². The maximum atomic E-state index is 2.26. The quantitative estimate of drug-likeness (QED) is 0.552. The maximum Gasteiger partial charge on any atom is -0.0193 e. The van der Waals surface area contributed by atoms with Crippen LogP contribution < -0.4 is 0 Å². The van der Waals surface area contributed by atoms with Crippen LogP contribution in [0.5, 0.6) is 0 Å². The van der Waals surface area contributed by atoms with Crippen LogP contribution in [0.4, 0.5) is 0 Å². The molecule has 1 rings (SSSR count). The number of allylic oxidation sites excluding steroid dienone is 2. The van der Waals surface area contributed by atoms with Gasteiger partial charge in [0.1, 0.15) is 0 Å². The lowest BCUT2D eigenvalue weighted by molar-refractivity contribution is 0.733. The molecule has 1 atom stereocenters. The Bertz CT molecular complexity index is 229. The fourth-order valence-electron chi connectivity index (χ4n) is 1.02. The summed E-state index contributed by atoms with van der Waals surface area (Å²) in [4.78, 5) is 0. The van der Waals surface area contributed by atoms with Crippen molar-refractivity contribution in [3.63, 3.8) is 0 Å². The first kappa shape index (κ1) is 17.4. The Kier molecular flexibility index (Phi) is 15.1. The Morgan fingerprint density at radius 3 is 1.75 bits per heavy atom. The third-order valence-corrected chi connectivity index (χ3v) is 2.31. The van der Waals surface area contributed by atoms with Gasteiger partial charge in [0, 0.05) is 0 Å². The summed E-state index contributed by atoms with van der Waals surface area (Å²) in [6.07, 6.45) is 5.23. The molecule has 16 heavy (non-hydrogen) atoms. The molecule has 0 nitrogen and oxygen atoms in total. The normalized spacial score (nSPS) is 10.9. The van der Waals surface area contributed by atoms with E-state index in [2.05, 4.69) is 44.2 Å². The van der Waals surface area contributed by atoms with E-state index in [0.717, 1.165) is 0 Å². The van der Waals surface area contributed by atoms with Crippen molar-refractivity contribution in [2.24, 2.45) is 0 Å². The Balaban J connectivity index is 0. The zero-order valence-electron chi connectivity index (χ0n) is 11.8. The molecule has 0 fully saturated rings. The van der Waals surface area contributed by atoms with Crippen molar-refractivity contribution in [3.8, 4) is 0 Å². The lowest BCUT2D eigenvalue weighted by atomic mass is 9.99. The summed E-state index contributed by atoms with van der Waals surface area (Å²) in [7, 11) is 0. The molecule has 0 spiro atoms. The van der Waals surface area contributed by atoms with Gasteiger partial charge in [0.25, 0.3) is 0 Å². The van der Waals surface area contributed by atoms with E-state index in [-0.39, 0.29) is 0 Å². The summed E-state index contributed by atoms with van der Waals surface area (Å²) in [5.74, 6) is 0.709. The summed E-state index contributed by atoms with van der Waals surface area (Å²) < 4.78 is 0. The standard InChI is InChI=1S/C10H14.C4H8.C2H6/c1-3-9(2)10-7-5-4-6-8-10;1-3-4-2;1-2/h4-9H,3H2,1-2H3;3-4H,1-2H3;1-2H3/b;4-3+;. The van der Waals surface area contributed by atoms with Crippen LogP contribution in [0.1, 0.15) is 59.4 Å². The highest BCUT2D eigenvalue weighted by atomic mass is 14.0. The monoisotopic (exact) mass is 220 g/mol. The van der Waals surface area contributed by atoms with Gasteiger partial charge in [0.2, 0.25) is 0 Å². The molecule has 0 aliphatic carbocycles. The second-order valence-corrected chi connectivity index (χ2v) is 3.39. The second kappa shape index (κ2) is 14.0. The van der Waals surface area contributed by atoms with Gasteiger partial charge in [-0.15, -0.1) is 0 Å². The van der Waals surface area contributed by atoms with Gasteiger partial charge in [0.15, 0.2) is 0 Å². The Morgan fingerprint density at radius 1 is 1.00 bits per heavy atom. The van der Waals surface area contributed by atoms with E-state index in [1.54, 1.807) is 0 Å². The van der Waals surface area contributed by atoms with Crippen molar-refractivity contribution < 1.29 is 0 Å². The lowest BCUT2D eigenvalue weighted by Gasteiger charge is -2.06. The number of hydrogen-bond donors (Lipinski definition) is 0. The van der Waals surface area contributed by atoms with Crippen molar-refractivity contribution in [3.05, 3.63) is 48.0 Å². The Labute approximate surface area is 102 Å². The molecule has 0 N–H and O–H groups in total. The van der Waals surface area contributed by atoms with Crippen LogP contribution in [-0.2, 0) is 0 Å². The number of benzene rings is 1. The minimum Gasteiger partial charge on any atom is -0.0919 e. The molecule has 92 valence electrons. The molecule has 0 bridgehead atoms. The molecule has 0 heteroatoms. The van der Waals surface area contributed by atoms with E-state index in [0.29, 0.717) is 5.92 Å². The molecule has 1 unspecified atom stereocenters. The van der Waals surface area contributed by atoms with Crippen LogP contribution in [0.2, 0.25) is 0 Å². The number of hydrogen-bond acceptors (Lipinski definition) is 0. The average molecular weight is 220 g/mol. The first-order chi connectivity index (χ1) is 7.76. The van der Waals surface area contributed by atoms with Crippen LogP contribution >= 0.6 is 0 Å². The molecule has 1 aromatic carbocycles. The summed E-state index contributed by atoms with van der Waals surface area (Å²) in [5, 5.41) is 0. The molecule has 0 heterocycles. The van der Waals surface area contributed by atoms with Crippen LogP contribution in [0, 0.1) is 0 Å². The summed E-state index contributed by atoms with van der Waals surface area (Å²) in [5.41, 5.74) is 1.45. The summed E-state index contributed by atoms with van der Waals surface area (Å²) in [6.45, 7) is 12.5. The highest BCUT2D eigenvalue weighted by molar-refractivity contribution is 5.18. The molecule has 0 amide bonds. The van der Waals surface area contributed by atoms with Gasteiger partial charge in [-0.3, -0.25) is 0 Å². The topological polar surface area (TPSA) is 0 Å². The van der Waals surface area contributed by atoms with Gasteiger partial charge in [-0.25, -0.2) is 0 Å². The molecular weight excluding hydrogens is 192 g/mol. The molecule has 1 aromatic rings. The molecule has 0 aromatic heterocycles. The first-order valence-electron chi connectivity index (χ1n) is 6.38. The van der Waals surface area contributed by atoms with Gasteiger partial charge in [-0.05, 0) is 31.7 Å². The van der Waals surface area contributed by atoms with Crippen LogP contribution in [0.3, 0.4) is 0 Å². The third kappa shape index (κ3) is 9.51. The van der Waals surface area contributed by atoms with Crippen LogP contribution in [-0.4, -0.2) is 0 Å². The van der Waals surface area contributed by atoms with Crippen molar-refractivity contribution >= 4 is 0 Å². The predicted molar refractivity (Wildman–Crippen MR) is 77.0 cm³/mol. The SMILES string of the molecule is C/C=C/C.CC.CCC(C)c1ccccc1. The molecular formula is C16H28. The summed E-state index contributed by atoms with van der Waals surface area (Å²) in [6, 6.07) is 10.6. The molecule has 0 radical (unpaired) electrons. The van der Waals surface area contributed by atoms with E-state index in [1.807, 2.05) is 39.8 Å². The smallest absolute Gasteiger partial charge is 0.0193 e. The fraction of sp³-hybridized carbons (Fsp3) is 0.500. The van der Waals surface area contributed by atoms with Gasteiger partial charge in [0.05, 0.1) is 0 Å². The van der Waals surface area contributed by atoms with Crippen molar-refractivity contribution in [2.45, 2.75) is 53.9 Å². The van der Waals surface area contributed by atoms with Crippen LogP contribution in [0.25, 0.3) is 0 Å². The van der Waals surface area contributed by atoms with Crippen molar-refractivity contribution in [1.82, 2.24) is 0 Å². The molecule has 0 saturated heterocycles. The first-order valence-corrected chi connectivity index (χ1v) is 6.38. The fourth-order valence-corrected chi connectivity index (χ4v) is 1.02. The summed E-state index contributed by atoms with van der Waals surface area (Å²) >= 11 is 0. The van der Waals surface area contributed by atoms with E-state index in [9.17, 15) is 0 Å². The third-order valence-electron chi connectivity index (χ3n) is 2.31. The van der Waals surface area contributed by atoms with Gasteiger partial charge < -0.3 is 0 Å². The van der Waals surface area contributed by atoms with Crippen molar-refractivity contribution in [2.75, 3.05) is 0 Å². The molecule has 0 saturated carbocycles. The van der Waals surface area contributed by atoms with E-state index < -0.39 is 0 Å². The Hall–Kier alpha value is -1.04. The average Bonchev–Trinajstić information content (AvgIpc) is 2.41. The number of rotatable bonds is 2. The van der Waals surface area contributed by atoms with Gasteiger partial charge in [-0.1, -0.05) is 70.2 Å². The van der Waals surface area contributed by atoms with E-state index in [4.69, 9.17) is 0 Å². The van der Waals surface area contributed by atoms with Gasteiger partial charge in [-0.2, -0.15) is 0 Å².